The molecule has 3 amide bonds. The molecule has 1 aliphatic heterocycles. The van der Waals surface area contributed by atoms with Gasteiger partial charge in [-0.15, -0.1) is 0 Å². The zero-order valence-electron chi connectivity index (χ0n) is 29.1. The minimum Gasteiger partial charge on any atom is -0.494 e. The number of benzene rings is 2. The SMILES string of the molecule is Cc1ccc(OCCC2CCCN(C(=O)OC(C)(C)C)C2)cc1CNC(=O)[C@H](Cc1ccccc1)NC(=O)CCC(=O)OC(C)(C)C. The molecule has 47 heavy (non-hydrogen) atoms. The second-order valence-electron chi connectivity index (χ2n) is 14.3. The summed E-state index contributed by atoms with van der Waals surface area (Å²) in [5.41, 5.74) is 1.65. The van der Waals surface area contributed by atoms with Gasteiger partial charge in [0, 0.05) is 32.5 Å². The van der Waals surface area contributed by atoms with Gasteiger partial charge in [0.25, 0.3) is 0 Å². The average molecular weight is 652 g/mol. The number of nitrogens with zero attached hydrogens (tertiary/aromatic N) is 1. The molecule has 0 aromatic heterocycles. The van der Waals surface area contributed by atoms with Crippen LogP contribution < -0.4 is 15.4 Å². The third-order valence-corrected chi connectivity index (χ3v) is 7.65. The lowest BCUT2D eigenvalue weighted by molar-refractivity contribution is -0.155. The Morgan fingerprint density at radius 1 is 0.936 bits per heavy atom. The Balaban J connectivity index is 1.54. The van der Waals surface area contributed by atoms with Gasteiger partial charge < -0.3 is 29.7 Å². The van der Waals surface area contributed by atoms with E-state index in [4.69, 9.17) is 14.2 Å². The molecule has 2 aromatic rings. The second kappa shape index (κ2) is 17.2. The summed E-state index contributed by atoms with van der Waals surface area (Å²) in [7, 11) is 0. The fourth-order valence-electron chi connectivity index (χ4n) is 5.30. The van der Waals surface area contributed by atoms with Crippen molar-refractivity contribution in [2.75, 3.05) is 19.7 Å². The molecule has 1 fully saturated rings. The number of carbonyl (C=O) groups is 4. The van der Waals surface area contributed by atoms with Crippen LogP contribution in [0.2, 0.25) is 0 Å². The van der Waals surface area contributed by atoms with Gasteiger partial charge in [0.15, 0.2) is 0 Å². The predicted octanol–water partition coefficient (Wildman–Crippen LogP) is 5.88. The number of hydrogen-bond donors (Lipinski definition) is 2. The number of nitrogens with one attached hydrogen (secondary N) is 2. The van der Waals surface area contributed by atoms with Gasteiger partial charge in [-0.3, -0.25) is 14.4 Å². The number of carbonyl (C=O) groups excluding carboxylic acids is 4. The molecular formula is C37H53N3O7. The van der Waals surface area contributed by atoms with Gasteiger partial charge in [-0.05, 0) is 102 Å². The molecule has 0 radical (unpaired) electrons. The highest BCUT2D eigenvalue weighted by molar-refractivity contribution is 5.89. The summed E-state index contributed by atoms with van der Waals surface area (Å²) in [4.78, 5) is 52.6. The lowest BCUT2D eigenvalue weighted by atomic mass is 9.95. The normalized spacial score (nSPS) is 15.7. The Morgan fingerprint density at radius 3 is 2.32 bits per heavy atom. The number of aryl methyl sites for hydroxylation is 1. The van der Waals surface area contributed by atoms with Crippen LogP contribution in [0.5, 0.6) is 5.75 Å². The fraction of sp³-hybridized carbons (Fsp3) is 0.568. The quantitative estimate of drug-likeness (QED) is 0.260. The molecule has 10 nitrogen and oxygen atoms in total. The van der Waals surface area contributed by atoms with Crippen LogP contribution in [0, 0.1) is 12.8 Å². The van der Waals surface area contributed by atoms with E-state index in [9.17, 15) is 19.2 Å². The van der Waals surface area contributed by atoms with Crippen molar-refractivity contribution in [2.45, 2.75) is 111 Å². The Bertz CT molecular complexity index is 1350. The van der Waals surface area contributed by atoms with Crippen molar-refractivity contribution < 1.29 is 33.4 Å². The van der Waals surface area contributed by atoms with E-state index in [2.05, 4.69) is 10.6 Å². The van der Waals surface area contributed by atoms with Crippen LogP contribution in [0.4, 0.5) is 4.79 Å². The highest BCUT2D eigenvalue weighted by Gasteiger charge is 2.28. The molecular weight excluding hydrogens is 598 g/mol. The van der Waals surface area contributed by atoms with Gasteiger partial charge in [-0.1, -0.05) is 36.4 Å². The zero-order chi connectivity index (χ0) is 34.6. The van der Waals surface area contributed by atoms with E-state index in [0.717, 1.165) is 36.0 Å². The minimum atomic E-state index is -0.820. The molecule has 0 aliphatic carbocycles. The molecule has 1 saturated heterocycles. The first-order chi connectivity index (χ1) is 22.1. The van der Waals surface area contributed by atoms with Crippen molar-refractivity contribution in [2.24, 2.45) is 5.92 Å². The molecule has 258 valence electrons. The first-order valence-corrected chi connectivity index (χ1v) is 16.6. The predicted molar refractivity (Wildman–Crippen MR) is 181 cm³/mol. The molecule has 10 heteroatoms. The highest BCUT2D eigenvalue weighted by atomic mass is 16.6. The highest BCUT2D eigenvalue weighted by Crippen LogP contribution is 2.23. The maximum absolute atomic E-state index is 13.4. The van der Waals surface area contributed by atoms with Crippen molar-refractivity contribution in [3.63, 3.8) is 0 Å². The number of ether oxygens (including phenoxy) is 3. The standard InChI is InChI=1S/C37H53N3O7/c1-26-15-16-30(45-21-19-28-14-11-20-40(25-28)35(44)47-37(5,6)7)23-29(26)24-38-34(43)31(22-27-12-9-8-10-13-27)39-32(41)17-18-33(42)46-36(2,3)4/h8-10,12-13,15-16,23,28,31H,11,14,17-22,24-25H2,1-7H3,(H,38,43)(H,39,41)/t28?,31-/m0/s1. The number of amides is 3. The lowest BCUT2D eigenvalue weighted by Gasteiger charge is -2.34. The summed E-state index contributed by atoms with van der Waals surface area (Å²) in [5.74, 6) is -0.143. The van der Waals surface area contributed by atoms with E-state index in [1.54, 1.807) is 25.7 Å². The van der Waals surface area contributed by atoms with Crippen molar-refractivity contribution >= 4 is 23.9 Å². The Hall–Kier alpha value is -4.08. The number of piperidine rings is 1. The molecule has 2 atom stereocenters. The fourth-order valence-corrected chi connectivity index (χ4v) is 5.30. The molecule has 1 unspecified atom stereocenters. The Kier molecular flexibility index (Phi) is 13.7. The van der Waals surface area contributed by atoms with E-state index in [1.807, 2.05) is 76.2 Å². The Morgan fingerprint density at radius 2 is 1.64 bits per heavy atom. The maximum atomic E-state index is 13.4. The molecule has 0 saturated carbocycles. The van der Waals surface area contributed by atoms with E-state index >= 15 is 0 Å². The van der Waals surface area contributed by atoms with E-state index in [1.165, 1.54) is 0 Å². The van der Waals surface area contributed by atoms with Crippen LogP contribution in [0.15, 0.2) is 48.5 Å². The third-order valence-electron chi connectivity index (χ3n) is 7.65. The monoisotopic (exact) mass is 651 g/mol. The summed E-state index contributed by atoms with van der Waals surface area (Å²) in [5, 5.41) is 5.79. The number of hydrogen-bond acceptors (Lipinski definition) is 7. The molecule has 1 heterocycles. The van der Waals surface area contributed by atoms with Crippen LogP contribution in [-0.4, -0.2) is 65.7 Å². The molecule has 0 spiro atoms. The lowest BCUT2D eigenvalue weighted by Crippen LogP contribution is -2.48. The van der Waals surface area contributed by atoms with Gasteiger partial charge in [-0.25, -0.2) is 4.79 Å². The van der Waals surface area contributed by atoms with Crippen molar-refractivity contribution in [1.29, 1.82) is 0 Å². The molecule has 1 aliphatic rings. The van der Waals surface area contributed by atoms with Gasteiger partial charge in [0.2, 0.25) is 11.8 Å². The van der Waals surface area contributed by atoms with Crippen molar-refractivity contribution in [3.8, 4) is 5.75 Å². The average Bonchev–Trinajstić information content (AvgIpc) is 2.98. The zero-order valence-corrected chi connectivity index (χ0v) is 29.1. The summed E-state index contributed by atoms with van der Waals surface area (Å²) in [6.07, 6.45) is 2.68. The van der Waals surface area contributed by atoms with Crippen LogP contribution in [-0.2, 0) is 36.8 Å². The summed E-state index contributed by atoms with van der Waals surface area (Å²) < 4.78 is 16.9. The van der Waals surface area contributed by atoms with Crippen LogP contribution in [0.25, 0.3) is 0 Å². The molecule has 2 N–H and O–H groups in total. The van der Waals surface area contributed by atoms with Crippen LogP contribution >= 0.6 is 0 Å². The van der Waals surface area contributed by atoms with Gasteiger partial charge in [0.1, 0.15) is 23.0 Å². The Labute approximate surface area is 279 Å². The minimum absolute atomic E-state index is 0.0719. The number of rotatable bonds is 13. The summed E-state index contributed by atoms with van der Waals surface area (Å²) >= 11 is 0. The third kappa shape index (κ3) is 14.1. The second-order valence-corrected chi connectivity index (χ2v) is 14.3. The van der Waals surface area contributed by atoms with Crippen molar-refractivity contribution in [3.05, 3.63) is 65.2 Å². The van der Waals surface area contributed by atoms with E-state index in [0.29, 0.717) is 37.8 Å². The molecule has 0 bridgehead atoms. The maximum Gasteiger partial charge on any atom is 0.410 e. The smallest absolute Gasteiger partial charge is 0.410 e. The molecule has 2 aromatic carbocycles. The van der Waals surface area contributed by atoms with Gasteiger partial charge >= 0.3 is 12.1 Å². The largest absolute Gasteiger partial charge is 0.494 e. The van der Waals surface area contributed by atoms with Gasteiger partial charge in [-0.2, -0.15) is 0 Å². The summed E-state index contributed by atoms with van der Waals surface area (Å²) in [6, 6.07) is 14.4. The first-order valence-electron chi connectivity index (χ1n) is 16.6. The topological polar surface area (TPSA) is 123 Å². The van der Waals surface area contributed by atoms with Crippen LogP contribution in [0.3, 0.4) is 0 Å². The number of esters is 1. The van der Waals surface area contributed by atoms with Gasteiger partial charge in [0.05, 0.1) is 13.0 Å². The van der Waals surface area contributed by atoms with Crippen LogP contribution in [0.1, 0.15) is 90.3 Å². The number of likely N-dealkylation sites (tertiary alicyclic amines) is 1. The van der Waals surface area contributed by atoms with E-state index in [-0.39, 0.29) is 31.4 Å². The van der Waals surface area contributed by atoms with E-state index < -0.39 is 29.1 Å². The molecule has 3 rings (SSSR count). The summed E-state index contributed by atoms with van der Waals surface area (Å²) in [6.45, 7) is 15.0. The first kappa shape index (κ1) is 37.4. The van der Waals surface area contributed by atoms with Crippen molar-refractivity contribution in [1.82, 2.24) is 15.5 Å².